The van der Waals surface area contributed by atoms with Gasteiger partial charge < -0.3 is 0 Å². The summed E-state index contributed by atoms with van der Waals surface area (Å²) in [6, 6.07) is 0. The molecular formula is C9H12FN. The van der Waals surface area contributed by atoms with E-state index < -0.39 is 5.83 Å². The Kier molecular flexibility index (Phi) is 4.11. The van der Waals surface area contributed by atoms with Crippen molar-refractivity contribution in [2.75, 3.05) is 0 Å². The van der Waals surface area contributed by atoms with Gasteiger partial charge in [0.2, 0.25) is 0 Å². The first-order valence-electron chi connectivity index (χ1n) is 3.28. The average molecular weight is 153 g/mol. The lowest BCUT2D eigenvalue weighted by atomic mass is 10.3. The van der Waals surface area contributed by atoms with Gasteiger partial charge in [-0.2, -0.15) is 0 Å². The lowest BCUT2D eigenvalue weighted by molar-refractivity contribution is 0.657. The van der Waals surface area contributed by atoms with Gasteiger partial charge in [0.1, 0.15) is 5.83 Å². The van der Waals surface area contributed by atoms with Crippen LogP contribution in [0.2, 0.25) is 0 Å². The van der Waals surface area contributed by atoms with Crippen molar-refractivity contribution < 1.29 is 4.39 Å². The van der Waals surface area contributed by atoms with E-state index in [1.54, 1.807) is 13.8 Å². The van der Waals surface area contributed by atoms with Gasteiger partial charge in [0.15, 0.2) is 0 Å². The summed E-state index contributed by atoms with van der Waals surface area (Å²) in [6.45, 7) is 10.3. The van der Waals surface area contributed by atoms with Crippen LogP contribution in [0.3, 0.4) is 0 Å². The molecule has 0 aromatic heterocycles. The van der Waals surface area contributed by atoms with Gasteiger partial charge >= 0.3 is 0 Å². The minimum absolute atomic E-state index is 0.236. The van der Waals surface area contributed by atoms with E-state index in [1.165, 1.54) is 6.08 Å². The molecule has 0 fully saturated rings. The minimum atomic E-state index is -0.443. The average Bonchev–Trinajstić information content (AvgIpc) is 1.98. The van der Waals surface area contributed by atoms with E-state index in [4.69, 9.17) is 0 Å². The van der Waals surface area contributed by atoms with E-state index in [1.807, 2.05) is 0 Å². The maximum atomic E-state index is 12.7. The highest BCUT2D eigenvalue weighted by molar-refractivity contribution is 5.80. The standard InChI is InChI=1S/C9H12FN/c1-5-8(10)9(6-2)11-7(3)4/h5-6H,1-2H2,3-4H3/b9-8+. The molecule has 0 N–H and O–H groups in total. The molecule has 0 aromatic carbocycles. The largest absolute Gasteiger partial charge is 0.255 e. The molecule has 1 nitrogen and oxygen atoms in total. The van der Waals surface area contributed by atoms with Crippen LogP contribution in [0.15, 0.2) is 41.8 Å². The van der Waals surface area contributed by atoms with Crippen LogP contribution in [0.1, 0.15) is 13.8 Å². The first-order valence-corrected chi connectivity index (χ1v) is 3.28. The van der Waals surface area contributed by atoms with Crippen LogP contribution in [0.25, 0.3) is 0 Å². The quantitative estimate of drug-likeness (QED) is 0.436. The van der Waals surface area contributed by atoms with E-state index >= 15 is 0 Å². The van der Waals surface area contributed by atoms with Gasteiger partial charge in [-0.3, -0.25) is 4.99 Å². The van der Waals surface area contributed by atoms with Crippen LogP contribution in [-0.4, -0.2) is 5.71 Å². The zero-order valence-corrected chi connectivity index (χ0v) is 6.89. The highest BCUT2D eigenvalue weighted by atomic mass is 19.1. The molecule has 0 atom stereocenters. The van der Waals surface area contributed by atoms with Gasteiger partial charge in [-0.1, -0.05) is 13.2 Å². The number of aliphatic imine (C=N–C) groups is 1. The Hall–Kier alpha value is -1.18. The van der Waals surface area contributed by atoms with Crippen LogP contribution < -0.4 is 0 Å². The Morgan fingerprint density at radius 2 is 1.82 bits per heavy atom. The van der Waals surface area contributed by atoms with Gasteiger partial charge in [0, 0.05) is 5.71 Å². The smallest absolute Gasteiger partial charge is 0.148 e. The second kappa shape index (κ2) is 4.61. The third kappa shape index (κ3) is 3.50. The molecule has 0 saturated carbocycles. The molecule has 11 heavy (non-hydrogen) atoms. The summed E-state index contributed by atoms with van der Waals surface area (Å²) >= 11 is 0. The highest BCUT2D eigenvalue weighted by Crippen LogP contribution is 2.09. The predicted molar refractivity (Wildman–Crippen MR) is 47.3 cm³/mol. The van der Waals surface area contributed by atoms with Crippen LogP contribution >= 0.6 is 0 Å². The van der Waals surface area contributed by atoms with E-state index in [9.17, 15) is 4.39 Å². The zero-order chi connectivity index (χ0) is 8.85. The third-order valence-corrected chi connectivity index (χ3v) is 0.961. The van der Waals surface area contributed by atoms with E-state index in [0.717, 1.165) is 11.8 Å². The van der Waals surface area contributed by atoms with Crippen molar-refractivity contribution in [3.05, 3.63) is 36.8 Å². The summed E-state index contributed by atoms with van der Waals surface area (Å²) in [7, 11) is 0. The molecule has 0 spiro atoms. The molecule has 0 bridgehead atoms. The Bertz CT molecular complexity index is 220. The monoisotopic (exact) mass is 153 g/mol. The fraction of sp³-hybridized carbons (Fsp3) is 0.222. The first-order chi connectivity index (χ1) is 5.11. The van der Waals surface area contributed by atoms with Gasteiger partial charge in [-0.05, 0) is 26.0 Å². The van der Waals surface area contributed by atoms with Gasteiger partial charge in [0.05, 0.1) is 5.70 Å². The summed E-state index contributed by atoms with van der Waals surface area (Å²) in [6.07, 6.45) is 2.48. The SMILES string of the molecule is C=C/C(F)=C(/C=C)N=C(C)C. The number of halogens is 1. The molecule has 0 heterocycles. The number of nitrogens with zero attached hydrogens (tertiary/aromatic N) is 1. The summed E-state index contributed by atoms with van der Waals surface area (Å²) in [5.41, 5.74) is 1.02. The molecule has 0 radical (unpaired) electrons. The fourth-order valence-electron chi connectivity index (χ4n) is 0.542. The van der Waals surface area contributed by atoms with Gasteiger partial charge in [-0.25, -0.2) is 4.39 Å². The van der Waals surface area contributed by atoms with Crippen molar-refractivity contribution in [2.24, 2.45) is 4.99 Å². The van der Waals surface area contributed by atoms with Crippen molar-refractivity contribution in [3.8, 4) is 0 Å². The Morgan fingerprint density at radius 1 is 1.27 bits per heavy atom. The molecule has 0 unspecified atom stereocenters. The third-order valence-electron chi connectivity index (χ3n) is 0.961. The zero-order valence-electron chi connectivity index (χ0n) is 6.89. The first kappa shape index (κ1) is 9.82. The Labute approximate surface area is 66.7 Å². The summed E-state index contributed by atoms with van der Waals surface area (Å²) in [4.78, 5) is 3.90. The lowest BCUT2D eigenvalue weighted by Gasteiger charge is -1.94. The number of rotatable bonds is 3. The summed E-state index contributed by atoms with van der Waals surface area (Å²) < 4.78 is 12.7. The molecule has 0 amide bonds. The van der Waals surface area contributed by atoms with Crippen molar-refractivity contribution in [1.82, 2.24) is 0 Å². The van der Waals surface area contributed by atoms with Crippen molar-refractivity contribution in [1.29, 1.82) is 0 Å². The summed E-state index contributed by atoms with van der Waals surface area (Å²) in [5.74, 6) is -0.443. The number of allylic oxidation sites excluding steroid dienone is 3. The Morgan fingerprint density at radius 3 is 2.09 bits per heavy atom. The fourth-order valence-corrected chi connectivity index (χ4v) is 0.542. The number of hydrogen-bond donors (Lipinski definition) is 0. The molecule has 0 saturated heterocycles. The molecule has 0 aliphatic rings. The number of hydrogen-bond acceptors (Lipinski definition) is 1. The van der Waals surface area contributed by atoms with Gasteiger partial charge in [0.25, 0.3) is 0 Å². The van der Waals surface area contributed by atoms with Crippen molar-refractivity contribution in [3.63, 3.8) is 0 Å². The van der Waals surface area contributed by atoms with Crippen LogP contribution in [-0.2, 0) is 0 Å². The lowest BCUT2D eigenvalue weighted by Crippen LogP contribution is -1.84. The molecule has 2 heteroatoms. The maximum absolute atomic E-state index is 12.7. The van der Waals surface area contributed by atoms with Crippen molar-refractivity contribution >= 4 is 5.71 Å². The summed E-state index contributed by atoms with van der Waals surface area (Å²) in [5, 5.41) is 0. The molecular weight excluding hydrogens is 141 g/mol. The molecule has 60 valence electrons. The van der Waals surface area contributed by atoms with Crippen LogP contribution in [0, 0.1) is 0 Å². The van der Waals surface area contributed by atoms with Crippen LogP contribution in [0.4, 0.5) is 4.39 Å². The molecule has 0 aliphatic heterocycles. The topological polar surface area (TPSA) is 12.4 Å². The molecule has 0 aromatic rings. The van der Waals surface area contributed by atoms with E-state index in [0.29, 0.717) is 0 Å². The van der Waals surface area contributed by atoms with Crippen molar-refractivity contribution in [2.45, 2.75) is 13.8 Å². The predicted octanol–water partition coefficient (Wildman–Crippen LogP) is 3.02. The molecule has 0 aliphatic carbocycles. The second-order valence-electron chi connectivity index (χ2n) is 2.20. The highest BCUT2D eigenvalue weighted by Gasteiger charge is 1.95. The van der Waals surface area contributed by atoms with Crippen LogP contribution in [0.5, 0.6) is 0 Å². The minimum Gasteiger partial charge on any atom is -0.255 e. The van der Waals surface area contributed by atoms with Gasteiger partial charge in [-0.15, -0.1) is 0 Å². The normalized spacial score (nSPS) is 11.5. The Balaban J connectivity index is 4.81. The second-order valence-corrected chi connectivity index (χ2v) is 2.20. The molecule has 0 rings (SSSR count). The maximum Gasteiger partial charge on any atom is 0.148 e. The van der Waals surface area contributed by atoms with E-state index in [2.05, 4.69) is 18.2 Å². The van der Waals surface area contributed by atoms with E-state index in [-0.39, 0.29) is 5.70 Å².